The average molecular weight is 158 g/mol. The van der Waals surface area contributed by atoms with Crippen molar-refractivity contribution in [2.45, 2.75) is 0 Å². The van der Waals surface area contributed by atoms with E-state index in [-0.39, 0.29) is 6.61 Å². The largest absolute Gasteiger partial charge is 0.506 e. The number of carboxylic acid groups (broad SMARTS) is 1. The van der Waals surface area contributed by atoms with Crippen LogP contribution in [0.1, 0.15) is 0 Å². The Labute approximate surface area is 67.3 Å². The molecule has 0 spiro atoms. The van der Waals surface area contributed by atoms with Crippen LogP contribution in [0.5, 0.6) is 0 Å². The third kappa shape index (κ3) is 57.7. The van der Waals surface area contributed by atoms with Gasteiger partial charge in [0, 0.05) is 0 Å². The number of carbonyl (C=O) groups is 1. The second-order valence-corrected chi connectivity index (χ2v) is 0.866. The van der Waals surface area contributed by atoms with Gasteiger partial charge in [-0.2, -0.15) is 0 Å². The van der Waals surface area contributed by atoms with Gasteiger partial charge in [0.25, 0.3) is 0 Å². The Morgan fingerprint density at radius 1 is 1.36 bits per heavy atom. The molecule has 0 saturated carbocycles. The van der Waals surface area contributed by atoms with Crippen LogP contribution in [0.2, 0.25) is 0 Å². The molecular weight excluding hydrogens is 144 g/mol. The van der Waals surface area contributed by atoms with Gasteiger partial charge in [0.15, 0.2) is 0 Å². The zero-order valence-corrected chi connectivity index (χ0v) is 6.58. The minimum absolute atomic E-state index is 0.0648. The fraction of sp³-hybridized carbons (Fsp3) is 0.125. The highest BCUT2D eigenvalue weighted by molar-refractivity contribution is 5.56. The van der Waals surface area contributed by atoms with Gasteiger partial charge in [-0.1, -0.05) is 12.7 Å². The molecule has 0 aliphatic heterocycles. The van der Waals surface area contributed by atoms with Crippen LogP contribution in [0.25, 0.3) is 0 Å². The van der Waals surface area contributed by atoms with Gasteiger partial charge < -0.3 is 9.84 Å². The molecule has 0 aromatic carbocycles. The van der Waals surface area contributed by atoms with E-state index >= 15 is 0 Å². The van der Waals surface area contributed by atoms with Crippen molar-refractivity contribution in [1.29, 1.82) is 0 Å². The van der Waals surface area contributed by atoms with E-state index in [1.165, 1.54) is 6.08 Å². The number of hydrogen-bond acceptors (Lipinski definition) is 2. The lowest BCUT2D eigenvalue weighted by Gasteiger charge is -1.88. The lowest BCUT2D eigenvalue weighted by atomic mass is 10.7. The van der Waals surface area contributed by atoms with E-state index in [1.54, 1.807) is 0 Å². The van der Waals surface area contributed by atoms with Crippen molar-refractivity contribution in [3.8, 4) is 0 Å². The quantitative estimate of drug-likeness (QED) is 0.496. The van der Waals surface area contributed by atoms with E-state index in [0.717, 1.165) is 0 Å². The maximum atomic E-state index is 9.49. The molecule has 0 fully saturated rings. The van der Waals surface area contributed by atoms with E-state index in [2.05, 4.69) is 37.6 Å². The molecule has 0 amide bonds. The van der Waals surface area contributed by atoms with Crippen LogP contribution in [0.15, 0.2) is 39.0 Å². The van der Waals surface area contributed by atoms with Crippen molar-refractivity contribution in [2.75, 3.05) is 6.61 Å². The van der Waals surface area contributed by atoms with Gasteiger partial charge in [-0.05, 0) is 0 Å². The Morgan fingerprint density at radius 2 is 1.73 bits per heavy atom. The Balaban J connectivity index is -0.000000138. The summed E-state index contributed by atoms with van der Waals surface area (Å²) >= 11 is 0. The van der Waals surface area contributed by atoms with Gasteiger partial charge in [-0.15, -0.1) is 26.3 Å². The molecule has 0 rings (SSSR count). The molecule has 0 aliphatic carbocycles. The molecule has 0 aromatic heterocycles. The molecule has 3 nitrogen and oxygen atoms in total. The summed E-state index contributed by atoms with van der Waals surface area (Å²) in [6.07, 6.45) is 0.105. The first kappa shape index (κ1) is 16.2. The van der Waals surface area contributed by atoms with E-state index in [0.29, 0.717) is 0 Å². The fourth-order valence-corrected chi connectivity index (χ4v) is 0.130. The summed E-state index contributed by atoms with van der Waals surface area (Å²) in [5.41, 5.74) is 0. The van der Waals surface area contributed by atoms with Crippen LogP contribution in [0.3, 0.4) is 0 Å². The van der Waals surface area contributed by atoms with E-state index in [9.17, 15) is 4.79 Å². The van der Waals surface area contributed by atoms with Gasteiger partial charge >= 0.3 is 6.16 Å². The molecule has 0 aliphatic rings. The first-order chi connectivity index (χ1) is 5.27. The Hall–Kier alpha value is -1.51. The maximum Gasteiger partial charge on any atom is 0.506 e. The summed E-state index contributed by atoms with van der Waals surface area (Å²) in [5, 5.41) is 7.77. The molecule has 0 unspecified atom stereocenters. The third-order valence-electron chi connectivity index (χ3n) is 0.325. The predicted octanol–water partition coefficient (Wildman–Crippen LogP) is 2.47. The zero-order valence-electron chi connectivity index (χ0n) is 6.58. The van der Waals surface area contributed by atoms with Crippen LogP contribution < -0.4 is 0 Å². The van der Waals surface area contributed by atoms with Crippen LogP contribution >= 0.6 is 0 Å². The molecule has 0 atom stereocenters. The summed E-state index contributed by atoms with van der Waals surface area (Å²) in [7, 11) is 0. The van der Waals surface area contributed by atoms with Crippen molar-refractivity contribution in [1.82, 2.24) is 0 Å². The SMILES string of the molecule is C=C.C=C.C=CCOC(=O)O. The number of hydrogen-bond donors (Lipinski definition) is 1. The molecule has 0 aromatic rings. The van der Waals surface area contributed by atoms with E-state index in [4.69, 9.17) is 5.11 Å². The summed E-state index contributed by atoms with van der Waals surface area (Å²) in [4.78, 5) is 9.49. The van der Waals surface area contributed by atoms with Gasteiger partial charge in [-0.3, -0.25) is 0 Å². The van der Waals surface area contributed by atoms with Crippen molar-refractivity contribution < 1.29 is 14.6 Å². The van der Waals surface area contributed by atoms with Crippen LogP contribution in [0.4, 0.5) is 4.79 Å². The van der Waals surface area contributed by atoms with Crippen molar-refractivity contribution in [3.63, 3.8) is 0 Å². The molecule has 0 saturated heterocycles. The zero-order chi connectivity index (χ0) is 9.70. The highest BCUT2D eigenvalue weighted by Gasteiger charge is 1.87. The van der Waals surface area contributed by atoms with Crippen molar-refractivity contribution in [2.24, 2.45) is 0 Å². The lowest BCUT2D eigenvalue weighted by molar-refractivity contribution is 0.102. The predicted molar refractivity (Wildman–Crippen MR) is 46.7 cm³/mol. The molecule has 64 valence electrons. The van der Waals surface area contributed by atoms with Gasteiger partial charge in [-0.25, -0.2) is 4.79 Å². The van der Waals surface area contributed by atoms with Crippen molar-refractivity contribution in [3.05, 3.63) is 39.0 Å². The standard InChI is InChI=1S/C4H6O3.2C2H4/c1-2-3-7-4(5)6;2*1-2/h2H,1,3H2,(H,5,6);2*1-2H2. The van der Waals surface area contributed by atoms with Crippen molar-refractivity contribution >= 4 is 6.16 Å². The Morgan fingerprint density at radius 3 is 1.82 bits per heavy atom. The van der Waals surface area contributed by atoms with Gasteiger partial charge in [0.2, 0.25) is 0 Å². The summed E-state index contributed by atoms with van der Waals surface area (Å²) in [6, 6.07) is 0. The van der Waals surface area contributed by atoms with Gasteiger partial charge in [0.1, 0.15) is 6.61 Å². The van der Waals surface area contributed by atoms with Crippen LogP contribution in [-0.4, -0.2) is 17.9 Å². The lowest BCUT2D eigenvalue weighted by Crippen LogP contribution is -1.98. The first-order valence-electron chi connectivity index (χ1n) is 2.74. The molecule has 11 heavy (non-hydrogen) atoms. The second-order valence-electron chi connectivity index (χ2n) is 0.866. The molecule has 0 heterocycles. The topological polar surface area (TPSA) is 46.5 Å². The number of rotatable bonds is 2. The van der Waals surface area contributed by atoms with Crippen LogP contribution in [-0.2, 0) is 4.74 Å². The maximum absolute atomic E-state index is 9.49. The Kier molecular flexibility index (Phi) is 34.9. The fourth-order valence-electron chi connectivity index (χ4n) is 0.130. The minimum atomic E-state index is -1.26. The molecular formula is C8H14O3. The monoisotopic (exact) mass is 158 g/mol. The summed E-state index contributed by atoms with van der Waals surface area (Å²) in [6.45, 7) is 15.3. The first-order valence-corrected chi connectivity index (χ1v) is 2.74. The van der Waals surface area contributed by atoms with E-state index < -0.39 is 6.16 Å². The third-order valence-corrected chi connectivity index (χ3v) is 0.325. The second kappa shape index (κ2) is 23.6. The van der Waals surface area contributed by atoms with E-state index in [1.807, 2.05) is 0 Å². The summed E-state index contributed by atoms with van der Waals surface area (Å²) < 4.78 is 3.99. The minimum Gasteiger partial charge on any atom is -0.450 e. The highest BCUT2D eigenvalue weighted by atomic mass is 16.7. The Bertz CT molecular complexity index is 97.5. The smallest absolute Gasteiger partial charge is 0.450 e. The molecule has 3 heteroatoms. The van der Waals surface area contributed by atoms with Gasteiger partial charge in [0.05, 0.1) is 0 Å². The highest BCUT2D eigenvalue weighted by Crippen LogP contribution is 1.73. The normalized spacial score (nSPS) is 5.45. The molecule has 1 N–H and O–H groups in total. The average Bonchev–Trinajstić information content (AvgIpc) is 2.08. The number of ether oxygens (including phenoxy) is 1. The molecule has 0 bridgehead atoms. The summed E-state index contributed by atoms with van der Waals surface area (Å²) in [5.74, 6) is 0. The molecule has 0 radical (unpaired) electrons. The van der Waals surface area contributed by atoms with Crippen LogP contribution in [0, 0.1) is 0 Å².